The Labute approximate surface area is 88.2 Å². The summed E-state index contributed by atoms with van der Waals surface area (Å²) in [4.78, 5) is 22.3. The topological polar surface area (TPSA) is 66.4 Å². The number of aliphatic carboxylic acids is 1. The molecule has 0 spiro atoms. The minimum atomic E-state index is -0.975. The highest BCUT2D eigenvalue weighted by molar-refractivity contribution is 8.01. The Morgan fingerprint density at radius 2 is 2.07 bits per heavy atom. The lowest BCUT2D eigenvalue weighted by Crippen LogP contribution is -2.34. The van der Waals surface area contributed by atoms with E-state index in [1.165, 1.54) is 0 Å². The monoisotopic (exact) mass is 237 g/mol. The first kappa shape index (κ1) is 14.0. The van der Waals surface area contributed by atoms with Gasteiger partial charge in [0.15, 0.2) is 5.78 Å². The van der Waals surface area contributed by atoms with E-state index >= 15 is 0 Å². The van der Waals surface area contributed by atoms with Crippen molar-refractivity contribution in [3.8, 4) is 0 Å². The van der Waals surface area contributed by atoms with Gasteiger partial charge in [-0.3, -0.25) is 14.7 Å². The van der Waals surface area contributed by atoms with Crippen LogP contribution in [0.15, 0.2) is 0 Å². The smallest absolute Gasteiger partial charge is 0.309 e. The Balaban J connectivity index is 4.24. The van der Waals surface area contributed by atoms with Gasteiger partial charge in [-0.05, 0) is 29.2 Å². The number of carboxylic acid groups (broad SMARTS) is 1. The number of carboxylic acids is 1. The Kier molecular flexibility index (Phi) is 5.73. The van der Waals surface area contributed by atoms with Gasteiger partial charge in [0.25, 0.3) is 0 Å². The molecule has 0 aliphatic heterocycles. The Bertz CT molecular complexity index is 231. The third-order valence-corrected chi connectivity index (χ3v) is 3.08. The van der Waals surface area contributed by atoms with E-state index in [4.69, 9.17) is 5.11 Å². The molecule has 0 aliphatic rings. The van der Waals surface area contributed by atoms with Crippen molar-refractivity contribution in [2.24, 2.45) is 5.41 Å². The molecule has 0 aromatic heterocycles. The molecule has 0 saturated heterocycles. The zero-order valence-corrected chi connectivity index (χ0v) is 10.8. The number of nitrogens with one attached hydrogen (secondary N) is 1. The van der Waals surface area contributed by atoms with E-state index in [9.17, 15) is 9.59 Å². The molecule has 0 aromatic rings. The van der Waals surface area contributed by atoms with Crippen molar-refractivity contribution in [2.45, 2.75) is 33.2 Å². The largest absolute Gasteiger partial charge is 0.481 e. The molecule has 2 N–H and O–H groups in total. The Hall–Kier alpha value is -0.0400. The summed E-state index contributed by atoms with van der Waals surface area (Å²) in [6.07, 6.45) is 0.0612. The molecule has 0 aromatic carbocycles. The van der Waals surface area contributed by atoms with Gasteiger partial charge in [-0.25, -0.2) is 0 Å². The lowest BCUT2D eigenvalue weighted by Gasteiger charge is -2.20. The average Bonchev–Trinajstić information content (AvgIpc) is 2.03. The van der Waals surface area contributed by atoms with Crippen LogP contribution in [-0.2, 0) is 9.59 Å². The fourth-order valence-corrected chi connectivity index (χ4v) is 2.03. The third-order valence-electron chi connectivity index (χ3n) is 1.98. The number of Topliss-reactive ketones (excluding diaryl/α,β-unsaturated/α-hetero) is 1. The third kappa shape index (κ3) is 4.45. The summed E-state index contributed by atoms with van der Waals surface area (Å²) in [6.45, 7) is 4.86. The molecule has 3 atom stereocenters. The van der Waals surface area contributed by atoms with E-state index in [2.05, 4.69) is 14.0 Å². The summed E-state index contributed by atoms with van der Waals surface area (Å²) >= 11 is 0. The molecule has 6 heteroatoms. The van der Waals surface area contributed by atoms with Gasteiger partial charge in [0.1, 0.15) is 0 Å². The minimum Gasteiger partial charge on any atom is -0.481 e. The first-order chi connectivity index (χ1) is 6.31. The summed E-state index contributed by atoms with van der Waals surface area (Å²) in [5, 5.41) is 11.8. The van der Waals surface area contributed by atoms with E-state index in [-0.39, 0.29) is 18.2 Å². The Morgan fingerprint density at radius 1 is 1.57 bits per heavy atom. The first-order valence-corrected chi connectivity index (χ1v) is 7.09. The van der Waals surface area contributed by atoms with Crippen molar-refractivity contribution in [3.63, 3.8) is 0 Å². The lowest BCUT2D eigenvalue weighted by molar-refractivity contribution is -0.149. The number of hydrogen-bond donors (Lipinski definition) is 2. The maximum atomic E-state index is 11.5. The maximum absolute atomic E-state index is 11.5. The van der Waals surface area contributed by atoms with Crippen LogP contribution in [0.1, 0.15) is 27.2 Å². The molecule has 4 nitrogen and oxygen atoms in total. The maximum Gasteiger partial charge on any atom is 0.309 e. The molecule has 82 valence electrons. The van der Waals surface area contributed by atoms with E-state index in [0.717, 1.165) is 0 Å². The zero-order valence-electron chi connectivity index (χ0n) is 8.63. The summed E-state index contributed by atoms with van der Waals surface area (Å²) in [5.41, 5.74) is -0.975. The second kappa shape index (κ2) is 5.75. The predicted octanol–water partition coefficient (Wildman–Crippen LogP) is 1.42. The molecule has 0 bridgehead atoms. The molecule has 0 heterocycles. The molecule has 0 fully saturated rings. The highest BCUT2D eigenvalue weighted by atomic mass is 32.0. The second-order valence-corrected chi connectivity index (χ2v) is 5.29. The molecule has 3 unspecified atom stereocenters. The summed E-state index contributed by atoms with van der Waals surface area (Å²) in [7, 11) is 2.90. The van der Waals surface area contributed by atoms with Crippen LogP contribution in [0, 0.1) is 5.41 Å². The van der Waals surface area contributed by atoms with E-state index < -0.39 is 11.4 Å². The van der Waals surface area contributed by atoms with E-state index in [1.807, 2.05) is 0 Å². The van der Waals surface area contributed by atoms with Crippen LogP contribution in [-0.4, -0.2) is 22.9 Å². The number of carbonyl (C=O) groups excluding carboxylic acids is 1. The highest BCUT2D eigenvalue weighted by Crippen LogP contribution is 2.23. The van der Waals surface area contributed by atoms with Crippen molar-refractivity contribution >= 4 is 29.1 Å². The van der Waals surface area contributed by atoms with Gasteiger partial charge >= 0.3 is 5.97 Å². The van der Waals surface area contributed by atoms with Gasteiger partial charge in [0.05, 0.1) is 11.5 Å². The van der Waals surface area contributed by atoms with Gasteiger partial charge in [-0.2, -0.15) is 0 Å². The van der Waals surface area contributed by atoms with Gasteiger partial charge in [-0.1, -0.05) is 8.93 Å². The van der Waals surface area contributed by atoms with Crippen LogP contribution in [0.5, 0.6) is 0 Å². The molecule has 14 heavy (non-hydrogen) atoms. The zero-order chi connectivity index (χ0) is 11.4. The van der Waals surface area contributed by atoms with Crippen LogP contribution in [0.25, 0.3) is 0 Å². The van der Waals surface area contributed by atoms with Crippen LogP contribution in [0.2, 0.25) is 0 Å². The molecule has 0 amide bonds. The van der Waals surface area contributed by atoms with E-state index in [1.54, 1.807) is 20.8 Å². The number of hydrogen-bond acceptors (Lipinski definition) is 3. The van der Waals surface area contributed by atoms with Crippen molar-refractivity contribution in [1.82, 2.24) is 5.09 Å². The van der Waals surface area contributed by atoms with Crippen LogP contribution in [0.3, 0.4) is 0 Å². The normalized spacial score (nSPS) is 14.6. The lowest BCUT2D eigenvalue weighted by atomic mass is 9.86. The summed E-state index contributed by atoms with van der Waals surface area (Å²) in [6, 6.07) is -0.274. The van der Waals surface area contributed by atoms with Crippen LogP contribution in [0.4, 0.5) is 0 Å². The molecule has 0 rings (SSSR count). The molecular weight excluding hydrogens is 220 g/mol. The highest BCUT2D eigenvalue weighted by Gasteiger charge is 2.31. The predicted molar refractivity (Wildman–Crippen MR) is 61.7 cm³/mol. The van der Waals surface area contributed by atoms with Gasteiger partial charge in [-0.15, -0.1) is 0 Å². The van der Waals surface area contributed by atoms with Crippen molar-refractivity contribution in [2.75, 3.05) is 0 Å². The van der Waals surface area contributed by atoms with Crippen molar-refractivity contribution in [1.29, 1.82) is 0 Å². The molecule has 0 saturated carbocycles. The number of ketones is 1. The van der Waals surface area contributed by atoms with Gasteiger partial charge in [0, 0.05) is 6.42 Å². The molecule has 0 aliphatic carbocycles. The van der Waals surface area contributed by atoms with Crippen LogP contribution < -0.4 is 5.09 Å². The van der Waals surface area contributed by atoms with Crippen LogP contribution >= 0.6 is 17.3 Å². The van der Waals surface area contributed by atoms with Crippen molar-refractivity contribution in [3.05, 3.63) is 0 Å². The van der Waals surface area contributed by atoms with E-state index in [0.29, 0.717) is 8.42 Å². The SMILES string of the molecule is CC(NPP)C(=O)CC(C)(C)C(=O)O. The van der Waals surface area contributed by atoms with Gasteiger partial charge < -0.3 is 5.11 Å². The first-order valence-electron chi connectivity index (χ1n) is 4.28. The standard InChI is InChI=1S/C8H17NO3P2/c1-5(9-14-13)6(10)4-8(2,3)7(11)12/h5,9,14H,4,13H2,1-3H3,(H,11,12). The molecular formula is C8H17NO3P2. The quantitative estimate of drug-likeness (QED) is 0.685. The molecule has 0 radical (unpaired) electrons. The fraction of sp³-hybridized carbons (Fsp3) is 0.750. The minimum absolute atomic E-state index is 0.0612. The summed E-state index contributed by atoms with van der Waals surface area (Å²) < 4.78 is 0. The number of rotatable bonds is 6. The van der Waals surface area contributed by atoms with Crippen molar-refractivity contribution < 1.29 is 14.7 Å². The van der Waals surface area contributed by atoms with Gasteiger partial charge in [0.2, 0.25) is 0 Å². The number of carbonyl (C=O) groups is 2. The average molecular weight is 237 g/mol. The second-order valence-electron chi connectivity index (χ2n) is 3.84. The summed E-state index contributed by atoms with van der Waals surface area (Å²) in [5.74, 6) is -1.00. The fourth-order valence-electron chi connectivity index (χ4n) is 0.870. The Morgan fingerprint density at radius 3 is 2.43 bits per heavy atom.